The molecule has 1 fully saturated rings. The Morgan fingerprint density at radius 1 is 0.885 bits per heavy atom. The maximum absolute atomic E-state index is 6.17. The van der Waals surface area contributed by atoms with Gasteiger partial charge >= 0.3 is 0 Å². The molecule has 3 rings (SSSR count). The number of hydrogen-bond acceptors (Lipinski definition) is 4. The Hall–Kier alpha value is -2.04. The van der Waals surface area contributed by atoms with E-state index >= 15 is 0 Å². The van der Waals surface area contributed by atoms with Gasteiger partial charge in [0.2, 0.25) is 0 Å². The van der Waals surface area contributed by atoms with Gasteiger partial charge in [-0.1, -0.05) is 30.3 Å². The van der Waals surface area contributed by atoms with Crippen molar-refractivity contribution in [1.29, 1.82) is 0 Å². The molecular formula is C22H32N4. The molecule has 26 heavy (non-hydrogen) atoms. The lowest BCUT2D eigenvalue weighted by molar-refractivity contribution is 0.190. The molecule has 140 valence electrons. The Kier molecular flexibility index (Phi) is 6.53. The van der Waals surface area contributed by atoms with Gasteiger partial charge in [0.1, 0.15) is 0 Å². The van der Waals surface area contributed by atoms with E-state index in [2.05, 4.69) is 83.1 Å². The molecule has 1 atom stereocenters. The minimum atomic E-state index is 0.304. The van der Waals surface area contributed by atoms with E-state index < -0.39 is 0 Å². The molecule has 0 saturated carbocycles. The van der Waals surface area contributed by atoms with E-state index in [0.29, 0.717) is 12.6 Å². The quantitative estimate of drug-likeness (QED) is 0.829. The molecule has 2 aromatic rings. The zero-order valence-electron chi connectivity index (χ0n) is 16.1. The summed E-state index contributed by atoms with van der Waals surface area (Å²) < 4.78 is 0. The number of para-hydroxylation sites is 1. The Labute approximate surface area is 158 Å². The minimum Gasteiger partial charge on any atom is -0.372 e. The molecule has 0 radical (unpaired) electrons. The lowest BCUT2D eigenvalue weighted by atomic mass is 10.0. The highest BCUT2D eigenvalue weighted by atomic mass is 15.3. The van der Waals surface area contributed by atoms with E-state index in [1.165, 1.54) is 16.9 Å². The van der Waals surface area contributed by atoms with Crippen LogP contribution in [0.2, 0.25) is 0 Å². The number of anilines is 2. The van der Waals surface area contributed by atoms with Gasteiger partial charge in [-0.25, -0.2) is 0 Å². The van der Waals surface area contributed by atoms with Gasteiger partial charge in [0.15, 0.2) is 0 Å². The minimum absolute atomic E-state index is 0.304. The predicted octanol–water partition coefficient (Wildman–Crippen LogP) is 3.35. The van der Waals surface area contributed by atoms with Crippen LogP contribution >= 0.6 is 0 Å². The molecular weight excluding hydrogens is 320 g/mol. The average molecular weight is 353 g/mol. The first kappa shape index (κ1) is 18.7. The molecule has 1 unspecified atom stereocenters. The molecule has 1 heterocycles. The van der Waals surface area contributed by atoms with Crippen molar-refractivity contribution in [2.75, 3.05) is 55.6 Å². The Bertz CT molecular complexity index is 644. The summed E-state index contributed by atoms with van der Waals surface area (Å²) in [6.45, 7) is 11.4. The van der Waals surface area contributed by atoms with Crippen LogP contribution in [-0.2, 0) is 0 Å². The van der Waals surface area contributed by atoms with Gasteiger partial charge < -0.3 is 15.5 Å². The number of hydrogen-bond donors (Lipinski definition) is 1. The number of rotatable bonds is 7. The summed E-state index contributed by atoms with van der Waals surface area (Å²) in [7, 11) is 0. The SMILES string of the molecule is CCN(CC)c1ccc(C(CN)N2CCN(c3ccccc3)CC2)cc1. The zero-order valence-corrected chi connectivity index (χ0v) is 16.1. The van der Waals surface area contributed by atoms with Crippen molar-refractivity contribution >= 4 is 11.4 Å². The van der Waals surface area contributed by atoms with Crippen molar-refractivity contribution in [1.82, 2.24) is 4.90 Å². The highest BCUT2D eigenvalue weighted by Gasteiger charge is 2.24. The third-order valence-corrected chi connectivity index (χ3v) is 5.51. The normalized spacial score (nSPS) is 16.5. The van der Waals surface area contributed by atoms with Crippen LogP contribution in [0.5, 0.6) is 0 Å². The van der Waals surface area contributed by atoms with Crippen molar-refractivity contribution in [3.05, 3.63) is 60.2 Å². The molecule has 2 N–H and O–H groups in total. The molecule has 2 aromatic carbocycles. The van der Waals surface area contributed by atoms with E-state index in [1.54, 1.807) is 0 Å². The van der Waals surface area contributed by atoms with Crippen LogP contribution in [0.4, 0.5) is 11.4 Å². The summed E-state index contributed by atoms with van der Waals surface area (Å²) in [4.78, 5) is 7.37. The van der Waals surface area contributed by atoms with E-state index in [4.69, 9.17) is 5.73 Å². The van der Waals surface area contributed by atoms with Gasteiger partial charge in [-0.3, -0.25) is 4.90 Å². The molecule has 1 aliphatic heterocycles. The number of benzene rings is 2. The summed E-state index contributed by atoms with van der Waals surface area (Å²) in [6, 6.07) is 20.0. The van der Waals surface area contributed by atoms with Gasteiger partial charge in [0.05, 0.1) is 0 Å². The van der Waals surface area contributed by atoms with Crippen molar-refractivity contribution in [2.45, 2.75) is 19.9 Å². The fourth-order valence-electron chi connectivity index (χ4n) is 3.92. The van der Waals surface area contributed by atoms with Crippen LogP contribution in [0.25, 0.3) is 0 Å². The second kappa shape index (κ2) is 9.06. The Morgan fingerprint density at radius 3 is 2.04 bits per heavy atom. The van der Waals surface area contributed by atoms with Crippen LogP contribution < -0.4 is 15.5 Å². The van der Waals surface area contributed by atoms with E-state index in [9.17, 15) is 0 Å². The smallest absolute Gasteiger partial charge is 0.0471 e. The van der Waals surface area contributed by atoms with E-state index in [-0.39, 0.29) is 0 Å². The molecule has 0 aliphatic carbocycles. The van der Waals surface area contributed by atoms with Crippen LogP contribution in [0.15, 0.2) is 54.6 Å². The second-order valence-corrected chi connectivity index (χ2v) is 6.87. The number of nitrogens with zero attached hydrogens (tertiary/aromatic N) is 3. The summed E-state index contributed by atoms with van der Waals surface area (Å²) in [5.74, 6) is 0. The lowest BCUT2D eigenvalue weighted by Crippen LogP contribution is -2.49. The maximum Gasteiger partial charge on any atom is 0.0471 e. The highest BCUT2D eigenvalue weighted by Crippen LogP contribution is 2.25. The fourth-order valence-corrected chi connectivity index (χ4v) is 3.92. The second-order valence-electron chi connectivity index (χ2n) is 6.87. The summed E-state index contributed by atoms with van der Waals surface area (Å²) >= 11 is 0. The summed E-state index contributed by atoms with van der Waals surface area (Å²) in [5, 5.41) is 0. The lowest BCUT2D eigenvalue weighted by Gasteiger charge is -2.40. The number of nitrogens with two attached hydrogens (primary N) is 1. The Balaban J connectivity index is 1.64. The zero-order chi connectivity index (χ0) is 18.4. The number of piperazine rings is 1. The third kappa shape index (κ3) is 4.19. The predicted molar refractivity (Wildman–Crippen MR) is 112 cm³/mol. The van der Waals surface area contributed by atoms with Gasteiger partial charge in [0, 0.05) is 63.2 Å². The van der Waals surface area contributed by atoms with Crippen molar-refractivity contribution in [2.24, 2.45) is 5.73 Å². The molecule has 0 spiro atoms. The van der Waals surface area contributed by atoms with Gasteiger partial charge in [-0.05, 0) is 43.7 Å². The van der Waals surface area contributed by atoms with Gasteiger partial charge in [0.25, 0.3) is 0 Å². The molecule has 1 aliphatic rings. The van der Waals surface area contributed by atoms with Crippen LogP contribution in [0, 0.1) is 0 Å². The van der Waals surface area contributed by atoms with Crippen molar-refractivity contribution < 1.29 is 0 Å². The maximum atomic E-state index is 6.17. The van der Waals surface area contributed by atoms with E-state index in [1.807, 2.05) is 0 Å². The fraction of sp³-hybridized carbons (Fsp3) is 0.455. The summed E-state index contributed by atoms with van der Waals surface area (Å²) in [6.07, 6.45) is 0. The molecule has 0 aromatic heterocycles. The van der Waals surface area contributed by atoms with Crippen LogP contribution in [-0.4, -0.2) is 50.7 Å². The molecule has 1 saturated heterocycles. The standard InChI is InChI=1S/C22H32N4/c1-3-24(4-2)21-12-10-19(11-13-21)22(18-23)26-16-14-25(15-17-26)20-8-6-5-7-9-20/h5-13,22H,3-4,14-18,23H2,1-2H3. The van der Waals surface area contributed by atoms with Crippen LogP contribution in [0.3, 0.4) is 0 Å². The van der Waals surface area contributed by atoms with Gasteiger partial charge in [-0.15, -0.1) is 0 Å². The van der Waals surface area contributed by atoms with Crippen LogP contribution in [0.1, 0.15) is 25.5 Å². The first-order chi connectivity index (χ1) is 12.8. The summed E-state index contributed by atoms with van der Waals surface area (Å²) in [5.41, 5.74) is 10.1. The molecule has 4 nitrogen and oxygen atoms in total. The molecule has 0 bridgehead atoms. The topological polar surface area (TPSA) is 35.7 Å². The first-order valence-corrected chi connectivity index (χ1v) is 9.85. The molecule has 4 heteroatoms. The monoisotopic (exact) mass is 352 g/mol. The van der Waals surface area contributed by atoms with Gasteiger partial charge in [-0.2, -0.15) is 0 Å². The first-order valence-electron chi connectivity index (χ1n) is 9.85. The van der Waals surface area contributed by atoms with Crippen molar-refractivity contribution in [3.8, 4) is 0 Å². The third-order valence-electron chi connectivity index (χ3n) is 5.51. The highest BCUT2D eigenvalue weighted by molar-refractivity contribution is 5.48. The largest absolute Gasteiger partial charge is 0.372 e. The Morgan fingerprint density at radius 2 is 1.50 bits per heavy atom. The average Bonchev–Trinajstić information content (AvgIpc) is 2.72. The molecule has 0 amide bonds. The van der Waals surface area contributed by atoms with E-state index in [0.717, 1.165) is 39.3 Å². The van der Waals surface area contributed by atoms with Crippen molar-refractivity contribution in [3.63, 3.8) is 0 Å².